The van der Waals surface area contributed by atoms with Crippen molar-refractivity contribution >= 4 is 22.8 Å². The summed E-state index contributed by atoms with van der Waals surface area (Å²) in [6, 6.07) is 16.0. The van der Waals surface area contributed by atoms with E-state index in [-0.39, 0.29) is 17.8 Å². The van der Waals surface area contributed by atoms with E-state index in [9.17, 15) is 9.59 Å². The molecule has 0 atom stereocenters. The van der Waals surface area contributed by atoms with Gasteiger partial charge in [0.1, 0.15) is 0 Å². The number of hydrogen-bond donors (Lipinski definition) is 0. The summed E-state index contributed by atoms with van der Waals surface area (Å²) in [5.41, 5.74) is 4.49. The van der Waals surface area contributed by atoms with E-state index >= 15 is 0 Å². The Morgan fingerprint density at radius 3 is 2.43 bits per heavy atom. The highest BCUT2D eigenvalue weighted by Gasteiger charge is 2.28. The molecule has 4 aromatic rings. The molecular weight excluding hydrogens is 378 g/mol. The third-order valence-corrected chi connectivity index (χ3v) is 5.94. The molecule has 0 amide bonds. The van der Waals surface area contributed by atoms with Crippen LogP contribution in [0.1, 0.15) is 16.7 Å². The first-order valence-corrected chi connectivity index (χ1v) is 10.0. The Morgan fingerprint density at radius 1 is 0.967 bits per heavy atom. The van der Waals surface area contributed by atoms with Gasteiger partial charge in [0.25, 0.3) is 5.56 Å². The fraction of sp³-hybridized carbons (Fsp3) is 0.261. The number of rotatable bonds is 3. The molecule has 1 aliphatic rings. The van der Waals surface area contributed by atoms with Crippen molar-refractivity contribution < 1.29 is 0 Å². The molecule has 5 rings (SSSR count). The lowest BCUT2D eigenvalue weighted by molar-refractivity contribution is 0.650. The van der Waals surface area contributed by atoms with Crippen LogP contribution in [0.2, 0.25) is 0 Å². The summed E-state index contributed by atoms with van der Waals surface area (Å²) < 4.78 is 4.73. The highest BCUT2D eigenvalue weighted by molar-refractivity contribution is 5.77. The van der Waals surface area contributed by atoms with Gasteiger partial charge in [-0.15, -0.1) is 0 Å². The van der Waals surface area contributed by atoms with Crippen LogP contribution < -0.4 is 16.1 Å². The van der Waals surface area contributed by atoms with Crippen molar-refractivity contribution in [1.29, 1.82) is 0 Å². The molecule has 0 saturated heterocycles. The number of benzene rings is 2. The Labute approximate surface area is 173 Å². The average molecular weight is 401 g/mol. The second-order valence-corrected chi connectivity index (χ2v) is 7.88. The minimum absolute atomic E-state index is 0.246. The fourth-order valence-electron chi connectivity index (χ4n) is 4.14. The predicted octanol–water partition coefficient (Wildman–Crippen LogP) is 2.71. The maximum absolute atomic E-state index is 13.4. The van der Waals surface area contributed by atoms with Crippen LogP contribution in [0.4, 0.5) is 11.6 Å². The number of hydrogen-bond acceptors (Lipinski definition) is 4. The summed E-state index contributed by atoms with van der Waals surface area (Å²) in [6.45, 7) is 5.67. The van der Waals surface area contributed by atoms with Crippen LogP contribution in [0.5, 0.6) is 0 Å². The van der Waals surface area contributed by atoms with E-state index in [1.165, 1.54) is 14.7 Å². The zero-order chi connectivity index (χ0) is 21.0. The molecule has 30 heavy (non-hydrogen) atoms. The summed E-state index contributed by atoms with van der Waals surface area (Å²) in [6.07, 6.45) is 0. The van der Waals surface area contributed by atoms with E-state index in [2.05, 4.69) is 36.1 Å². The van der Waals surface area contributed by atoms with Crippen molar-refractivity contribution in [2.45, 2.75) is 26.9 Å². The molecule has 0 N–H and O–H groups in total. The van der Waals surface area contributed by atoms with Crippen LogP contribution in [0.3, 0.4) is 0 Å². The number of anilines is 2. The second kappa shape index (κ2) is 6.73. The van der Waals surface area contributed by atoms with Crippen molar-refractivity contribution in [3.05, 3.63) is 86.1 Å². The Bertz CT molecular complexity index is 1390. The van der Waals surface area contributed by atoms with Gasteiger partial charge in [-0.1, -0.05) is 42.0 Å². The zero-order valence-electron chi connectivity index (χ0n) is 17.3. The first-order chi connectivity index (χ1) is 14.5. The Balaban J connectivity index is 1.68. The normalized spacial score (nSPS) is 13.2. The standard InChI is InChI=1S/C23H23N5O2/c1-15-8-10-18(11-9-15)26-12-13-27-19-20(24-22(26)27)25(3)23(30)28(21(19)29)14-17-7-5-4-6-16(17)2/h4-11H,12-14H2,1-3H3. The molecule has 2 aromatic heterocycles. The number of imidazole rings is 1. The van der Waals surface area contributed by atoms with Gasteiger partial charge in [-0.2, -0.15) is 4.98 Å². The molecule has 0 radical (unpaired) electrons. The van der Waals surface area contributed by atoms with Gasteiger partial charge in [-0.25, -0.2) is 4.79 Å². The highest BCUT2D eigenvalue weighted by atomic mass is 16.2. The molecule has 2 aromatic carbocycles. The van der Waals surface area contributed by atoms with E-state index in [0.29, 0.717) is 23.7 Å². The second-order valence-electron chi connectivity index (χ2n) is 7.88. The fourth-order valence-corrected chi connectivity index (χ4v) is 4.14. The van der Waals surface area contributed by atoms with Crippen LogP contribution >= 0.6 is 0 Å². The zero-order valence-corrected chi connectivity index (χ0v) is 17.3. The maximum atomic E-state index is 13.4. The number of nitrogens with zero attached hydrogens (tertiary/aromatic N) is 5. The van der Waals surface area contributed by atoms with Crippen molar-refractivity contribution in [2.24, 2.45) is 7.05 Å². The monoisotopic (exact) mass is 401 g/mol. The smallest absolute Gasteiger partial charge is 0.310 e. The molecule has 0 unspecified atom stereocenters. The molecule has 0 spiro atoms. The molecule has 152 valence electrons. The van der Waals surface area contributed by atoms with Gasteiger partial charge < -0.3 is 9.47 Å². The molecular formula is C23H23N5O2. The van der Waals surface area contributed by atoms with E-state index in [4.69, 9.17) is 4.98 Å². The largest absolute Gasteiger partial charge is 0.332 e. The summed E-state index contributed by atoms with van der Waals surface area (Å²) in [7, 11) is 1.68. The van der Waals surface area contributed by atoms with Crippen molar-refractivity contribution in [3.63, 3.8) is 0 Å². The average Bonchev–Trinajstić information content (AvgIpc) is 3.31. The van der Waals surface area contributed by atoms with Gasteiger partial charge in [0.2, 0.25) is 5.95 Å². The van der Waals surface area contributed by atoms with Gasteiger partial charge in [0.15, 0.2) is 11.2 Å². The van der Waals surface area contributed by atoms with Crippen molar-refractivity contribution in [2.75, 3.05) is 11.4 Å². The lowest BCUT2D eigenvalue weighted by Gasteiger charge is -2.16. The van der Waals surface area contributed by atoms with E-state index in [1.54, 1.807) is 7.05 Å². The van der Waals surface area contributed by atoms with Crippen molar-refractivity contribution in [1.82, 2.24) is 18.7 Å². The first kappa shape index (κ1) is 18.4. The number of aryl methyl sites for hydroxylation is 3. The minimum atomic E-state index is -0.352. The first-order valence-electron chi connectivity index (χ1n) is 10.0. The summed E-state index contributed by atoms with van der Waals surface area (Å²) >= 11 is 0. The SMILES string of the molecule is Cc1ccc(N2CCn3c2nc2c3c(=O)n(Cc3ccccc3C)c(=O)n2C)cc1. The van der Waals surface area contributed by atoms with Gasteiger partial charge in [0.05, 0.1) is 6.54 Å². The van der Waals surface area contributed by atoms with E-state index in [1.807, 2.05) is 35.8 Å². The lowest BCUT2D eigenvalue weighted by atomic mass is 10.1. The summed E-state index contributed by atoms with van der Waals surface area (Å²) in [4.78, 5) is 33.2. The maximum Gasteiger partial charge on any atom is 0.332 e. The molecule has 0 fully saturated rings. The van der Waals surface area contributed by atoms with Crippen LogP contribution in [0, 0.1) is 13.8 Å². The number of aromatic nitrogens is 4. The van der Waals surface area contributed by atoms with Gasteiger partial charge in [-0.05, 0) is 37.1 Å². The highest BCUT2D eigenvalue weighted by Crippen LogP contribution is 2.31. The molecule has 7 nitrogen and oxygen atoms in total. The van der Waals surface area contributed by atoms with Gasteiger partial charge >= 0.3 is 5.69 Å². The molecule has 7 heteroatoms. The third kappa shape index (κ3) is 2.69. The molecule has 1 aliphatic heterocycles. The van der Waals surface area contributed by atoms with E-state index in [0.717, 1.165) is 23.4 Å². The Hall–Kier alpha value is -3.61. The molecule has 0 aliphatic carbocycles. The van der Waals surface area contributed by atoms with Crippen LogP contribution in [-0.2, 0) is 20.1 Å². The molecule has 3 heterocycles. The van der Waals surface area contributed by atoms with Crippen molar-refractivity contribution in [3.8, 4) is 0 Å². The van der Waals surface area contributed by atoms with Crippen LogP contribution in [0.15, 0.2) is 58.1 Å². The van der Waals surface area contributed by atoms with Gasteiger partial charge in [0, 0.05) is 25.8 Å². The third-order valence-electron chi connectivity index (χ3n) is 5.94. The van der Waals surface area contributed by atoms with Gasteiger partial charge in [-0.3, -0.25) is 13.9 Å². The van der Waals surface area contributed by atoms with Crippen LogP contribution in [0.25, 0.3) is 11.2 Å². The molecule has 0 saturated carbocycles. The predicted molar refractivity (Wildman–Crippen MR) is 118 cm³/mol. The Morgan fingerprint density at radius 2 is 1.70 bits per heavy atom. The topological polar surface area (TPSA) is 65.1 Å². The quantitative estimate of drug-likeness (QED) is 0.530. The minimum Gasteiger partial charge on any atom is -0.310 e. The summed E-state index contributed by atoms with van der Waals surface area (Å²) in [5.74, 6) is 0.703. The van der Waals surface area contributed by atoms with E-state index < -0.39 is 0 Å². The van der Waals surface area contributed by atoms with Crippen LogP contribution in [-0.4, -0.2) is 25.2 Å². The lowest BCUT2D eigenvalue weighted by Crippen LogP contribution is -2.40. The Kier molecular flexibility index (Phi) is 4.13. The summed E-state index contributed by atoms with van der Waals surface area (Å²) in [5, 5.41) is 0. The number of fused-ring (bicyclic) bond motifs is 3. The molecule has 0 bridgehead atoms.